The Morgan fingerprint density at radius 1 is 0.809 bits per heavy atom. The molecule has 1 aliphatic heterocycles. The van der Waals surface area contributed by atoms with Crippen molar-refractivity contribution in [2.24, 2.45) is 5.73 Å². The molecule has 2 rings (SSSR count). The Bertz CT molecular complexity index is 1210. The molecule has 5 atom stereocenters. The lowest BCUT2D eigenvalue weighted by Gasteiger charge is -2.44. The molecule has 18 heteroatoms. The summed E-state index contributed by atoms with van der Waals surface area (Å²) in [5, 5.41) is 2.62. The third kappa shape index (κ3) is 18.0. The van der Waals surface area contributed by atoms with Crippen molar-refractivity contribution in [3.8, 4) is 0 Å². The molecule has 1 aliphatic rings. The lowest BCUT2D eigenvalue weighted by Crippen LogP contribution is -2.66. The van der Waals surface area contributed by atoms with Crippen molar-refractivity contribution >= 4 is 33.9 Å². The smallest absolute Gasteiger partial charge is 0.303 e. The van der Waals surface area contributed by atoms with E-state index in [1.165, 1.54) is 32.9 Å². The fourth-order valence-electron chi connectivity index (χ4n) is 3.99. The normalized spacial score (nSPS) is 20.7. The van der Waals surface area contributed by atoms with Crippen molar-refractivity contribution in [3.05, 3.63) is 29.8 Å². The Balaban J connectivity index is 0.000000841. The maximum Gasteiger partial charge on any atom is 0.303 e. The quantitative estimate of drug-likeness (QED) is 0.0788. The predicted octanol–water partition coefficient (Wildman–Crippen LogP) is -0.0907. The summed E-state index contributed by atoms with van der Waals surface area (Å²) in [5.74, 6) is -2.42. The average molecular weight is 695 g/mol. The van der Waals surface area contributed by atoms with Crippen molar-refractivity contribution in [1.82, 2.24) is 5.32 Å². The molecule has 4 N–H and O–H groups in total. The zero-order chi connectivity index (χ0) is 35.4. The first-order chi connectivity index (χ1) is 22.1. The molecule has 1 fully saturated rings. The number of nitrogens with two attached hydrogens (primary N) is 1. The van der Waals surface area contributed by atoms with Gasteiger partial charge in [-0.25, -0.2) is 0 Å². The fourth-order valence-corrected chi connectivity index (χ4v) is 4.47. The average Bonchev–Trinajstić information content (AvgIpc) is 2.97. The van der Waals surface area contributed by atoms with E-state index < -0.39 is 64.6 Å². The topological polar surface area (TPSA) is 235 Å². The molecule has 1 amide bonds. The van der Waals surface area contributed by atoms with E-state index in [1.807, 2.05) is 6.92 Å². The molecule has 1 saturated heterocycles. The maximum absolute atomic E-state index is 11.9. The lowest BCUT2D eigenvalue weighted by atomic mass is 9.96. The molecule has 0 aliphatic carbocycles. The maximum atomic E-state index is 11.9. The highest BCUT2D eigenvalue weighted by molar-refractivity contribution is 7.85. The molecule has 1 aromatic carbocycles. The van der Waals surface area contributed by atoms with Crippen molar-refractivity contribution in [3.63, 3.8) is 0 Å². The van der Waals surface area contributed by atoms with Gasteiger partial charge in [-0.15, -0.1) is 0 Å². The van der Waals surface area contributed by atoms with Crippen LogP contribution in [0.5, 0.6) is 0 Å². The van der Waals surface area contributed by atoms with Gasteiger partial charge in [0.1, 0.15) is 18.8 Å². The summed E-state index contributed by atoms with van der Waals surface area (Å²) in [5.41, 5.74) is 6.28. The second-order valence-corrected chi connectivity index (χ2v) is 11.4. The number of ether oxygens (including phenoxy) is 8. The summed E-state index contributed by atoms with van der Waals surface area (Å²) in [4.78, 5) is 46.7. The molecule has 0 spiro atoms. The van der Waals surface area contributed by atoms with Crippen LogP contribution in [0.1, 0.15) is 33.3 Å². The van der Waals surface area contributed by atoms with E-state index in [0.29, 0.717) is 39.6 Å². The van der Waals surface area contributed by atoms with Crippen LogP contribution in [-0.4, -0.2) is 127 Å². The monoisotopic (exact) mass is 694 g/mol. The number of aryl methyl sites for hydroxylation is 1. The first-order valence-electron chi connectivity index (χ1n) is 14.6. The lowest BCUT2D eigenvalue weighted by molar-refractivity contribution is -0.279. The van der Waals surface area contributed by atoms with Crippen molar-refractivity contribution < 1.29 is 70.0 Å². The summed E-state index contributed by atoms with van der Waals surface area (Å²) >= 11 is 0. The van der Waals surface area contributed by atoms with E-state index >= 15 is 0 Å². The van der Waals surface area contributed by atoms with Crippen LogP contribution in [0.15, 0.2) is 29.2 Å². The highest BCUT2D eigenvalue weighted by Crippen LogP contribution is 2.28. The largest absolute Gasteiger partial charge is 0.463 e. The third-order valence-electron chi connectivity index (χ3n) is 5.91. The minimum Gasteiger partial charge on any atom is -0.463 e. The molecular weight excluding hydrogens is 648 g/mol. The highest BCUT2D eigenvalue weighted by atomic mass is 32.2. The van der Waals surface area contributed by atoms with Crippen molar-refractivity contribution in [2.45, 2.75) is 70.2 Å². The second kappa shape index (κ2) is 22.4. The van der Waals surface area contributed by atoms with Gasteiger partial charge in [-0.1, -0.05) is 17.7 Å². The van der Waals surface area contributed by atoms with Gasteiger partial charge < -0.3 is 48.9 Å². The number of hydrogen-bond acceptors (Lipinski definition) is 15. The zero-order valence-corrected chi connectivity index (χ0v) is 28.0. The Labute approximate surface area is 274 Å². The minimum atomic E-state index is -4.02. The van der Waals surface area contributed by atoms with Gasteiger partial charge in [-0.2, -0.15) is 8.42 Å². The van der Waals surface area contributed by atoms with Gasteiger partial charge in [0.25, 0.3) is 10.1 Å². The number of amides is 1. The van der Waals surface area contributed by atoms with Crippen LogP contribution in [0.4, 0.5) is 0 Å². The number of carbonyl (C=O) groups is 4. The molecule has 1 aromatic rings. The van der Waals surface area contributed by atoms with Gasteiger partial charge in [0.15, 0.2) is 18.5 Å². The molecule has 17 nitrogen and oxygen atoms in total. The summed E-state index contributed by atoms with van der Waals surface area (Å²) < 4.78 is 73.0. The van der Waals surface area contributed by atoms with Crippen LogP contribution >= 0.6 is 0 Å². The Hall–Kier alpha value is -3.23. The number of rotatable bonds is 18. The van der Waals surface area contributed by atoms with Gasteiger partial charge >= 0.3 is 17.9 Å². The van der Waals surface area contributed by atoms with Gasteiger partial charge in [0.2, 0.25) is 5.91 Å². The first-order valence-corrected chi connectivity index (χ1v) is 16.1. The number of carbonyl (C=O) groups excluding carboxylic acids is 4. The predicted molar refractivity (Wildman–Crippen MR) is 162 cm³/mol. The summed E-state index contributed by atoms with van der Waals surface area (Å²) in [7, 11) is -4.02. The highest BCUT2D eigenvalue weighted by Gasteiger charge is 2.51. The van der Waals surface area contributed by atoms with Crippen LogP contribution in [0.2, 0.25) is 0 Å². The number of hydrogen-bond donors (Lipinski definition) is 3. The van der Waals surface area contributed by atoms with Gasteiger partial charge in [-0.3, -0.25) is 23.7 Å². The standard InChI is InChI=1S/C22H38N2O12.C7H8O3S/c1-14(25)24-19-21(35-17(4)28)20(34-16(3)27)18(13-33-15(2)26)36-22(19)32-12-11-31-10-9-30-8-7-29-6-5-23;1-6-2-4-7(5-3-6)11(8,9)10/h18-22H,5-13,23H2,1-4H3,(H,24,25);2-5H,1H3,(H,8,9,10)/t18-,19-,20+,21-,22-;/m1./s1. The van der Waals surface area contributed by atoms with E-state index in [-0.39, 0.29) is 24.7 Å². The molecular formula is C29H46N2O15S. The Kier molecular flexibility index (Phi) is 19.9. The van der Waals surface area contributed by atoms with Crippen molar-refractivity contribution in [1.29, 1.82) is 0 Å². The van der Waals surface area contributed by atoms with Crippen LogP contribution in [0.25, 0.3) is 0 Å². The van der Waals surface area contributed by atoms with Crippen molar-refractivity contribution in [2.75, 3.05) is 59.4 Å². The zero-order valence-electron chi connectivity index (χ0n) is 27.2. The van der Waals surface area contributed by atoms with E-state index in [4.69, 9.17) is 48.2 Å². The Morgan fingerprint density at radius 2 is 1.32 bits per heavy atom. The fraction of sp³-hybridized carbons (Fsp3) is 0.655. The molecule has 47 heavy (non-hydrogen) atoms. The minimum absolute atomic E-state index is 0.0473. The van der Waals surface area contributed by atoms with E-state index in [1.54, 1.807) is 12.1 Å². The second-order valence-electron chi connectivity index (χ2n) is 10.0. The first kappa shape index (κ1) is 41.8. The van der Waals surface area contributed by atoms with E-state index in [2.05, 4.69) is 5.32 Å². The SMILES string of the molecule is CC(=O)N[C@H]1[C@H](OCCOCCOCCOCCN)O[C@H](COC(C)=O)[C@H](OC(C)=O)[C@@H]1OC(C)=O.Cc1ccc(S(=O)(=O)O)cc1. The van der Waals surface area contributed by atoms with E-state index in [0.717, 1.165) is 12.5 Å². The number of benzene rings is 1. The van der Waals surface area contributed by atoms with Crippen LogP contribution in [0, 0.1) is 6.92 Å². The van der Waals surface area contributed by atoms with Gasteiger partial charge in [-0.05, 0) is 19.1 Å². The molecule has 0 aromatic heterocycles. The molecule has 0 bridgehead atoms. The third-order valence-corrected chi connectivity index (χ3v) is 6.77. The van der Waals surface area contributed by atoms with Crippen LogP contribution < -0.4 is 11.1 Å². The van der Waals surface area contributed by atoms with Crippen LogP contribution in [0.3, 0.4) is 0 Å². The van der Waals surface area contributed by atoms with Gasteiger partial charge in [0, 0.05) is 34.2 Å². The molecule has 268 valence electrons. The number of nitrogens with one attached hydrogen (secondary N) is 1. The Morgan fingerprint density at radius 3 is 1.79 bits per heavy atom. The molecule has 1 heterocycles. The van der Waals surface area contributed by atoms with Crippen LogP contribution in [-0.2, 0) is 67.2 Å². The molecule has 0 saturated carbocycles. The summed E-state index contributed by atoms with van der Waals surface area (Å²) in [6.45, 7) is 8.99. The molecule has 0 radical (unpaired) electrons. The summed E-state index contributed by atoms with van der Waals surface area (Å²) in [6.07, 6.45) is -4.52. The van der Waals surface area contributed by atoms with E-state index in [9.17, 15) is 27.6 Å². The van der Waals surface area contributed by atoms with Gasteiger partial charge in [0.05, 0.1) is 51.1 Å². The summed E-state index contributed by atoms with van der Waals surface area (Å²) in [6, 6.07) is 4.96. The number of esters is 3. The molecule has 0 unspecified atom stereocenters.